The van der Waals surface area contributed by atoms with Gasteiger partial charge in [0.1, 0.15) is 17.1 Å². The average molecular weight is 511 g/mol. The van der Waals surface area contributed by atoms with Crippen LogP contribution >= 0.6 is 24.0 Å². The number of esters is 1. The largest absolute Gasteiger partial charge is 0.465 e. The minimum absolute atomic E-state index is 0. The van der Waals surface area contributed by atoms with E-state index in [1.54, 1.807) is 20.0 Å². The van der Waals surface area contributed by atoms with Crippen LogP contribution in [-0.2, 0) is 22.1 Å². The molecule has 0 radical (unpaired) electrons. The zero-order valence-electron chi connectivity index (χ0n) is 16.4. The maximum absolute atomic E-state index is 12.1. The van der Waals surface area contributed by atoms with Crippen LogP contribution in [0.4, 0.5) is 0 Å². The first-order chi connectivity index (χ1) is 12.5. The fourth-order valence-electron chi connectivity index (χ4n) is 3.25. The molecule has 2 rings (SSSR count). The van der Waals surface area contributed by atoms with Gasteiger partial charge in [0.15, 0.2) is 5.96 Å². The van der Waals surface area contributed by atoms with E-state index in [0.717, 1.165) is 25.7 Å². The third-order valence-corrected chi connectivity index (χ3v) is 6.39. The number of halogens is 1. The number of aryl methyl sites for hydroxylation is 1. The van der Waals surface area contributed by atoms with Crippen molar-refractivity contribution in [1.29, 1.82) is 0 Å². The van der Waals surface area contributed by atoms with Gasteiger partial charge >= 0.3 is 5.97 Å². The molecule has 0 amide bonds. The van der Waals surface area contributed by atoms with Crippen LogP contribution in [0.25, 0.3) is 0 Å². The number of aliphatic imine (C=N–C) groups is 1. The summed E-state index contributed by atoms with van der Waals surface area (Å²) in [5, 5.41) is 6.88. The quantitative estimate of drug-likeness (QED) is 0.264. The SMILES string of the molecule is CCS(=O)C1CCCC(NC(=NC)NCc2cc(C(=O)OC)c(C)o2)C1.I. The molecule has 1 heterocycles. The Morgan fingerprint density at radius 3 is 2.81 bits per heavy atom. The van der Waals surface area contributed by atoms with Gasteiger partial charge < -0.3 is 19.8 Å². The molecule has 9 heteroatoms. The molecular formula is C18H30IN3O4S. The van der Waals surface area contributed by atoms with E-state index >= 15 is 0 Å². The molecule has 27 heavy (non-hydrogen) atoms. The normalized spacial score (nSPS) is 21.1. The van der Waals surface area contributed by atoms with Crippen molar-refractivity contribution in [2.45, 2.75) is 57.4 Å². The van der Waals surface area contributed by atoms with Crippen LogP contribution in [0.2, 0.25) is 0 Å². The van der Waals surface area contributed by atoms with E-state index in [4.69, 9.17) is 9.15 Å². The van der Waals surface area contributed by atoms with Gasteiger partial charge in [-0.25, -0.2) is 4.79 Å². The van der Waals surface area contributed by atoms with E-state index in [-0.39, 0.29) is 35.3 Å². The highest BCUT2D eigenvalue weighted by molar-refractivity contribution is 14.0. The number of carbonyl (C=O) groups is 1. The third-order valence-electron chi connectivity index (χ3n) is 4.65. The molecule has 1 aliphatic carbocycles. The van der Waals surface area contributed by atoms with E-state index in [2.05, 4.69) is 15.6 Å². The standard InChI is InChI=1S/C18H29N3O4S.HI/c1-5-26(23)15-8-6-7-13(9-15)21-18(19-3)20-11-14-10-16(12(2)25-14)17(22)24-4;/h10,13,15H,5-9,11H2,1-4H3,(H2,19,20,21);1H. The number of hydrogen-bond donors (Lipinski definition) is 2. The molecule has 1 fully saturated rings. The summed E-state index contributed by atoms with van der Waals surface area (Å²) in [4.78, 5) is 15.9. The molecule has 0 aromatic carbocycles. The van der Waals surface area contributed by atoms with Crippen molar-refractivity contribution in [3.8, 4) is 0 Å². The highest BCUT2D eigenvalue weighted by Crippen LogP contribution is 2.23. The van der Waals surface area contributed by atoms with Crippen LogP contribution < -0.4 is 10.6 Å². The number of ether oxygens (including phenoxy) is 1. The number of rotatable bonds is 6. The molecule has 7 nitrogen and oxygen atoms in total. The van der Waals surface area contributed by atoms with Crippen molar-refractivity contribution in [1.82, 2.24) is 10.6 Å². The van der Waals surface area contributed by atoms with Crippen LogP contribution in [0.1, 0.15) is 54.5 Å². The fraction of sp³-hybridized carbons (Fsp3) is 0.667. The first-order valence-electron chi connectivity index (χ1n) is 9.00. The second-order valence-electron chi connectivity index (χ2n) is 6.40. The summed E-state index contributed by atoms with van der Waals surface area (Å²) in [6.45, 7) is 4.12. The Morgan fingerprint density at radius 1 is 1.44 bits per heavy atom. The third kappa shape index (κ3) is 6.78. The highest BCUT2D eigenvalue weighted by Gasteiger charge is 2.26. The molecule has 1 aliphatic rings. The maximum Gasteiger partial charge on any atom is 0.341 e. The summed E-state index contributed by atoms with van der Waals surface area (Å²) >= 11 is 0. The summed E-state index contributed by atoms with van der Waals surface area (Å²) in [5.74, 6) is 2.15. The monoisotopic (exact) mass is 511 g/mol. The lowest BCUT2D eigenvalue weighted by Crippen LogP contribution is -2.46. The second-order valence-corrected chi connectivity index (χ2v) is 8.40. The first-order valence-corrected chi connectivity index (χ1v) is 10.4. The molecule has 1 aromatic rings. The van der Waals surface area contributed by atoms with E-state index in [1.807, 2.05) is 6.92 Å². The minimum atomic E-state index is -0.749. The van der Waals surface area contributed by atoms with Crippen LogP contribution in [0.5, 0.6) is 0 Å². The van der Waals surface area contributed by atoms with Crippen molar-refractivity contribution < 1.29 is 18.2 Å². The Kier molecular flexibility index (Phi) is 10.4. The molecule has 1 aromatic heterocycles. The van der Waals surface area contributed by atoms with Gasteiger partial charge in [-0.2, -0.15) is 0 Å². The van der Waals surface area contributed by atoms with Gasteiger partial charge in [-0.05, 0) is 32.3 Å². The van der Waals surface area contributed by atoms with Gasteiger partial charge in [0.05, 0.1) is 13.7 Å². The molecule has 3 atom stereocenters. The van der Waals surface area contributed by atoms with Gasteiger partial charge in [0.2, 0.25) is 0 Å². The Labute approximate surface area is 180 Å². The Hall–Kier alpha value is -1.10. The Morgan fingerprint density at radius 2 is 2.19 bits per heavy atom. The van der Waals surface area contributed by atoms with Crippen LogP contribution in [0.15, 0.2) is 15.5 Å². The molecule has 0 aliphatic heterocycles. The number of methoxy groups -OCH3 is 1. The lowest BCUT2D eigenvalue weighted by molar-refractivity contribution is 0.0599. The predicted octanol–water partition coefficient (Wildman–Crippen LogP) is 2.74. The van der Waals surface area contributed by atoms with Crippen LogP contribution in [0, 0.1) is 6.92 Å². The minimum Gasteiger partial charge on any atom is -0.465 e. The molecular weight excluding hydrogens is 481 g/mol. The molecule has 0 saturated heterocycles. The number of nitrogens with one attached hydrogen (secondary N) is 2. The van der Waals surface area contributed by atoms with Crippen molar-refractivity contribution in [2.75, 3.05) is 19.9 Å². The van der Waals surface area contributed by atoms with E-state index < -0.39 is 16.8 Å². The summed E-state index contributed by atoms with van der Waals surface area (Å²) in [6.07, 6.45) is 4.05. The van der Waals surface area contributed by atoms with Crippen molar-refractivity contribution in [3.63, 3.8) is 0 Å². The lowest BCUT2D eigenvalue weighted by atomic mass is 9.95. The maximum atomic E-state index is 12.1. The van der Waals surface area contributed by atoms with Crippen LogP contribution in [0.3, 0.4) is 0 Å². The van der Waals surface area contributed by atoms with E-state index in [1.165, 1.54) is 7.11 Å². The van der Waals surface area contributed by atoms with Crippen molar-refractivity contribution in [3.05, 3.63) is 23.2 Å². The second kappa shape index (κ2) is 11.7. The average Bonchev–Trinajstić information content (AvgIpc) is 3.04. The number of furan rings is 1. The van der Waals surface area contributed by atoms with Gasteiger partial charge in [0.25, 0.3) is 0 Å². The number of guanidine groups is 1. The first kappa shape index (κ1) is 23.9. The number of hydrogen-bond acceptors (Lipinski definition) is 5. The highest BCUT2D eigenvalue weighted by atomic mass is 127. The molecule has 2 N–H and O–H groups in total. The fourth-order valence-corrected chi connectivity index (χ4v) is 4.60. The number of carbonyl (C=O) groups excluding carboxylic acids is 1. The summed E-state index contributed by atoms with van der Waals surface area (Å²) in [5.41, 5.74) is 0.435. The Bertz CT molecular complexity index is 678. The molecule has 154 valence electrons. The zero-order chi connectivity index (χ0) is 19.1. The zero-order valence-corrected chi connectivity index (χ0v) is 19.5. The van der Waals surface area contributed by atoms with E-state index in [9.17, 15) is 9.00 Å². The predicted molar refractivity (Wildman–Crippen MR) is 118 cm³/mol. The van der Waals surface area contributed by atoms with Gasteiger partial charge in [-0.3, -0.25) is 9.20 Å². The number of nitrogens with zero attached hydrogens (tertiary/aromatic N) is 1. The lowest BCUT2D eigenvalue weighted by Gasteiger charge is -2.30. The summed E-state index contributed by atoms with van der Waals surface area (Å²) in [7, 11) is 2.32. The smallest absolute Gasteiger partial charge is 0.341 e. The van der Waals surface area contributed by atoms with Gasteiger partial charge in [-0.1, -0.05) is 13.3 Å². The van der Waals surface area contributed by atoms with Crippen molar-refractivity contribution >= 4 is 46.7 Å². The summed E-state index contributed by atoms with van der Waals surface area (Å²) < 4.78 is 22.4. The van der Waals surface area contributed by atoms with Gasteiger partial charge in [0, 0.05) is 34.9 Å². The Balaban J connectivity index is 0.00000364. The van der Waals surface area contributed by atoms with E-state index in [0.29, 0.717) is 35.3 Å². The molecule has 3 unspecified atom stereocenters. The topological polar surface area (TPSA) is 92.9 Å². The molecule has 1 saturated carbocycles. The van der Waals surface area contributed by atoms with Gasteiger partial charge in [-0.15, -0.1) is 24.0 Å². The molecule has 0 bridgehead atoms. The van der Waals surface area contributed by atoms with Crippen LogP contribution in [-0.4, -0.2) is 47.3 Å². The van der Waals surface area contributed by atoms with Crippen molar-refractivity contribution in [2.24, 2.45) is 4.99 Å². The summed E-state index contributed by atoms with van der Waals surface area (Å²) in [6, 6.07) is 1.95. The molecule has 0 spiro atoms.